The summed E-state index contributed by atoms with van der Waals surface area (Å²) in [4.78, 5) is 29.1. The SMILES string of the molecule is CNCC(=O)N1CCC2(CCCN(C3CCCC3)C2=O)C1.Cl. The second-order valence-corrected chi connectivity index (χ2v) is 6.92. The highest BCUT2D eigenvalue weighted by Gasteiger charge is 2.50. The van der Waals surface area contributed by atoms with Crippen molar-refractivity contribution in [1.29, 1.82) is 0 Å². The van der Waals surface area contributed by atoms with Crippen LogP contribution in [0.2, 0.25) is 0 Å². The van der Waals surface area contributed by atoms with Gasteiger partial charge in [-0.3, -0.25) is 9.59 Å². The number of halogens is 1. The van der Waals surface area contributed by atoms with Crippen molar-refractivity contribution in [2.75, 3.05) is 33.2 Å². The molecule has 1 N–H and O–H groups in total. The molecular formula is C16H28ClN3O2. The van der Waals surface area contributed by atoms with E-state index in [1.165, 1.54) is 25.7 Å². The van der Waals surface area contributed by atoms with Crippen molar-refractivity contribution in [1.82, 2.24) is 15.1 Å². The zero-order valence-corrected chi connectivity index (χ0v) is 14.3. The lowest BCUT2D eigenvalue weighted by molar-refractivity contribution is -0.148. The molecule has 2 heterocycles. The summed E-state index contributed by atoms with van der Waals surface area (Å²) in [7, 11) is 1.79. The third-order valence-electron chi connectivity index (χ3n) is 5.57. The van der Waals surface area contributed by atoms with Crippen LogP contribution in [0.4, 0.5) is 0 Å². The number of hydrogen-bond acceptors (Lipinski definition) is 3. The molecule has 0 aromatic heterocycles. The maximum Gasteiger partial charge on any atom is 0.236 e. The van der Waals surface area contributed by atoms with Crippen LogP contribution < -0.4 is 5.32 Å². The lowest BCUT2D eigenvalue weighted by Gasteiger charge is -2.42. The second kappa shape index (κ2) is 7.18. The molecule has 5 nitrogen and oxygen atoms in total. The third-order valence-corrected chi connectivity index (χ3v) is 5.57. The van der Waals surface area contributed by atoms with E-state index in [9.17, 15) is 9.59 Å². The molecule has 1 spiro atoms. The largest absolute Gasteiger partial charge is 0.340 e. The van der Waals surface area contributed by atoms with Crippen LogP contribution >= 0.6 is 12.4 Å². The number of nitrogens with one attached hydrogen (secondary N) is 1. The molecule has 1 atom stereocenters. The molecule has 2 saturated heterocycles. The summed E-state index contributed by atoms with van der Waals surface area (Å²) in [5.74, 6) is 0.459. The molecule has 6 heteroatoms. The molecule has 0 aromatic rings. The van der Waals surface area contributed by atoms with Crippen LogP contribution in [0.5, 0.6) is 0 Å². The molecule has 0 bridgehead atoms. The van der Waals surface area contributed by atoms with E-state index in [1.807, 2.05) is 4.90 Å². The van der Waals surface area contributed by atoms with Crippen LogP contribution in [0.3, 0.4) is 0 Å². The van der Waals surface area contributed by atoms with E-state index in [0.717, 1.165) is 32.4 Å². The lowest BCUT2D eigenvalue weighted by Crippen LogP contribution is -2.53. The van der Waals surface area contributed by atoms with Crippen molar-refractivity contribution in [2.45, 2.75) is 51.0 Å². The van der Waals surface area contributed by atoms with Crippen LogP contribution in [0.15, 0.2) is 0 Å². The first-order valence-electron chi connectivity index (χ1n) is 8.40. The average molecular weight is 330 g/mol. The number of rotatable bonds is 3. The molecule has 0 radical (unpaired) electrons. The van der Waals surface area contributed by atoms with Gasteiger partial charge >= 0.3 is 0 Å². The van der Waals surface area contributed by atoms with Gasteiger partial charge in [0.15, 0.2) is 0 Å². The number of likely N-dealkylation sites (tertiary alicyclic amines) is 2. The highest BCUT2D eigenvalue weighted by Crippen LogP contribution is 2.42. The van der Waals surface area contributed by atoms with Gasteiger partial charge < -0.3 is 15.1 Å². The van der Waals surface area contributed by atoms with Gasteiger partial charge in [-0.25, -0.2) is 0 Å². The Bertz CT molecular complexity index is 426. The topological polar surface area (TPSA) is 52.7 Å². The van der Waals surface area contributed by atoms with E-state index in [1.54, 1.807) is 7.05 Å². The molecule has 2 amide bonds. The normalized spacial score (nSPS) is 29.2. The molecule has 3 rings (SSSR count). The van der Waals surface area contributed by atoms with Gasteiger partial charge in [0.05, 0.1) is 12.0 Å². The Labute approximate surface area is 139 Å². The van der Waals surface area contributed by atoms with Crippen molar-refractivity contribution < 1.29 is 9.59 Å². The molecule has 3 fully saturated rings. The average Bonchev–Trinajstić information content (AvgIpc) is 3.13. The Hall–Kier alpha value is -0.810. The van der Waals surface area contributed by atoms with E-state index < -0.39 is 0 Å². The first-order valence-corrected chi connectivity index (χ1v) is 8.40. The van der Waals surface area contributed by atoms with E-state index in [4.69, 9.17) is 0 Å². The predicted molar refractivity (Wildman–Crippen MR) is 88.0 cm³/mol. The maximum absolute atomic E-state index is 13.0. The summed E-state index contributed by atoms with van der Waals surface area (Å²) in [6, 6.07) is 0.469. The Morgan fingerprint density at radius 3 is 2.64 bits per heavy atom. The summed E-state index contributed by atoms with van der Waals surface area (Å²) in [6.07, 6.45) is 7.76. The standard InChI is InChI=1S/C16H27N3O2.ClH/c1-17-11-14(20)18-10-8-16(12-18)7-4-9-19(15(16)21)13-5-2-3-6-13;/h13,17H,2-12H2,1H3;1H. The van der Waals surface area contributed by atoms with Gasteiger partial charge in [0.2, 0.25) is 11.8 Å². The molecule has 22 heavy (non-hydrogen) atoms. The summed E-state index contributed by atoms with van der Waals surface area (Å²) >= 11 is 0. The summed E-state index contributed by atoms with van der Waals surface area (Å²) in [5, 5.41) is 2.91. The second-order valence-electron chi connectivity index (χ2n) is 6.92. The maximum atomic E-state index is 13.0. The van der Waals surface area contributed by atoms with Crippen molar-refractivity contribution in [3.63, 3.8) is 0 Å². The van der Waals surface area contributed by atoms with Crippen LogP contribution in [0.1, 0.15) is 44.9 Å². The van der Waals surface area contributed by atoms with Crippen LogP contribution in [-0.2, 0) is 9.59 Å². The van der Waals surface area contributed by atoms with Crippen molar-refractivity contribution in [2.24, 2.45) is 5.41 Å². The van der Waals surface area contributed by atoms with Gasteiger partial charge in [0.1, 0.15) is 0 Å². The molecule has 1 saturated carbocycles. The Kier molecular flexibility index (Phi) is 5.72. The van der Waals surface area contributed by atoms with Gasteiger partial charge in [0, 0.05) is 25.7 Å². The van der Waals surface area contributed by atoms with E-state index in [2.05, 4.69) is 10.2 Å². The van der Waals surface area contributed by atoms with Gasteiger partial charge in [0.25, 0.3) is 0 Å². The zero-order valence-electron chi connectivity index (χ0n) is 13.5. The van der Waals surface area contributed by atoms with E-state index >= 15 is 0 Å². The minimum absolute atomic E-state index is 0. The number of carbonyl (C=O) groups excluding carboxylic acids is 2. The van der Waals surface area contributed by atoms with Crippen LogP contribution in [0, 0.1) is 5.41 Å². The summed E-state index contributed by atoms with van der Waals surface area (Å²) < 4.78 is 0. The fraction of sp³-hybridized carbons (Fsp3) is 0.875. The highest BCUT2D eigenvalue weighted by molar-refractivity contribution is 5.86. The monoisotopic (exact) mass is 329 g/mol. The number of piperidine rings is 1. The van der Waals surface area contributed by atoms with E-state index in [0.29, 0.717) is 25.0 Å². The van der Waals surface area contributed by atoms with Gasteiger partial charge in [-0.15, -0.1) is 12.4 Å². The predicted octanol–water partition coefficient (Wildman–Crippen LogP) is 1.41. The molecular weight excluding hydrogens is 302 g/mol. The minimum atomic E-state index is -0.274. The quantitative estimate of drug-likeness (QED) is 0.852. The molecule has 3 aliphatic rings. The van der Waals surface area contributed by atoms with Crippen molar-refractivity contribution in [3.8, 4) is 0 Å². The molecule has 1 aliphatic carbocycles. The highest BCUT2D eigenvalue weighted by atomic mass is 35.5. The summed E-state index contributed by atoms with van der Waals surface area (Å²) in [5.41, 5.74) is -0.274. The molecule has 126 valence electrons. The Morgan fingerprint density at radius 1 is 1.23 bits per heavy atom. The van der Waals surface area contributed by atoms with E-state index in [-0.39, 0.29) is 23.7 Å². The van der Waals surface area contributed by atoms with Crippen molar-refractivity contribution >= 4 is 24.2 Å². The number of nitrogens with zero attached hydrogens (tertiary/aromatic N) is 2. The molecule has 0 aromatic carbocycles. The number of carbonyl (C=O) groups is 2. The third kappa shape index (κ3) is 3.11. The van der Waals surface area contributed by atoms with Crippen LogP contribution in [0.25, 0.3) is 0 Å². The molecule has 1 unspecified atom stereocenters. The van der Waals surface area contributed by atoms with Gasteiger partial charge in [-0.1, -0.05) is 12.8 Å². The minimum Gasteiger partial charge on any atom is -0.340 e. The zero-order chi connectivity index (χ0) is 14.9. The first-order chi connectivity index (χ1) is 10.2. The lowest BCUT2D eigenvalue weighted by atomic mass is 9.77. The Balaban J connectivity index is 0.00000176. The number of amides is 2. The van der Waals surface area contributed by atoms with Crippen LogP contribution in [-0.4, -0.2) is 60.9 Å². The Morgan fingerprint density at radius 2 is 1.95 bits per heavy atom. The number of likely N-dealkylation sites (N-methyl/N-ethyl adjacent to an activating group) is 1. The summed E-state index contributed by atoms with van der Waals surface area (Å²) in [6.45, 7) is 2.67. The fourth-order valence-electron chi connectivity index (χ4n) is 4.39. The fourth-order valence-corrected chi connectivity index (χ4v) is 4.39. The van der Waals surface area contributed by atoms with Crippen molar-refractivity contribution in [3.05, 3.63) is 0 Å². The number of hydrogen-bond donors (Lipinski definition) is 1. The first kappa shape index (κ1) is 17.5. The van der Waals surface area contributed by atoms with Gasteiger partial charge in [-0.2, -0.15) is 0 Å². The smallest absolute Gasteiger partial charge is 0.236 e. The molecule has 2 aliphatic heterocycles. The van der Waals surface area contributed by atoms with Gasteiger partial charge in [-0.05, 0) is 39.2 Å².